The summed E-state index contributed by atoms with van der Waals surface area (Å²) < 4.78 is 10.2. The van der Waals surface area contributed by atoms with Crippen molar-refractivity contribution in [1.29, 1.82) is 0 Å². The number of carbonyl (C=O) groups excluding carboxylic acids is 1. The molecule has 1 heterocycles. The third kappa shape index (κ3) is 3.64. The Morgan fingerprint density at radius 2 is 1.96 bits per heavy atom. The van der Waals surface area contributed by atoms with Crippen LogP contribution >= 0.6 is 0 Å². The predicted molar refractivity (Wildman–Crippen MR) is 102 cm³/mol. The highest BCUT2D eigenvalue weighted by Gasteiger charge is 2.45. The maximum absolute atomic E-state index is 11.9. The second-order valence-electron chi connectivity index (χ2n) is 7.42. The van der Waals surface area contributed by atoms with E-state index in [4.69, 9.17) is 9.47 Å². The monoisotopic (exact) mass is 359 g/mol. The number of methoxy groups -OCH3 is 2. The number of ether oxygens (including phenoxy) is 2. The first-order valence-electron chi connectivity index (χ1n) is 9.21. The fourth-order valence-corrected chi connectivity index (χ4v) is 3.84. The van der Waals surface area contributed by atoms with Gasteiger partial charge in [-0.15, -0.1) is 0 Å². The van der Waals surface area contributed by atoms with E-state index in [0.29, 0.717) is 6.54 Å². The van der Waals surface area contributed by atoms with Gasteiger partial charge in [0.25, 0.3) is 0 Å². The molecule has 2 unspecified atom stereocenters. The number of esters is 1. The van der Waals surface area contributed by atoms with E-state index in [1.54, 1.807) is 14.2 Å². The van der Waals surface area contributed by atoms with E-state index < -0.39 is 0 Å². The molecule has 1 aromatic rings. The van der Waals surface area contributed by atoms with E-state index in [9.17, 15) is 4.79 Å². The van der Waals surface area contributed by atoms with Crippen molar-refractivity contribution in [2.75, 3.05) is 40.9 Å². The summed E-state index contributed by atoms with van der Waals surface area (Å²) >= 11 is 0. The molecule has 3 rings (SSSR count). The molecule has 1 saturated heterocycles. The summed E-state index contributed by atoms with van der Waals surface area (Å²) in [4.78, 5) is 18.5. The Balaban J connectivity index is 1.62. The summed E-state index contributed by atoms with van der Waals surface area (Å²) in [6.45, 7) is 4.41. The third-order valence-corrected chi connectivity index (χ3v) is 5.77. The number of nitrogens with zero attached hydrogens (tertiary/aromatic N) is 2. The molecule has 1 N–H and O–H groups in total. The van der Waals surface area contributed by atoms with Crippen LogP contribution in [0.2, 0.25) is 0 Å². The van der Waals surface area contributed by atoms with Crippen molar-refractivity contribution < 1.29 is 14.3 Å². The van der Waals surface area contributed by atoms with Crippen molar-refractivity contribution in [1.82, 2.24) is 10.2 Å². The number of hydrogen-bond acceptors (Lipinski definition) is 4. The number of hydrogen-bond donors (Lipinski definition) is 1. The van der Waals surface area contributed by atoms with Crippen LogP contribution in [0.25, 0.3) is 0 Å². The molecule has 6 heteroatoms. The minimum Gasteiger partial charge on any atom is -0.497 e. The van der Waals surface area contributed by atoms with E-state index in [0.717, 1.165) is 24.8 Å². The fraction of sp³-hybridized carbons (Fsp3) is 0.600. The van der Waals surface area contributed by atoms with E-state index in [-0.39, 0.29) is 23.2 Å². The summed E-state index contributed by atoms with van der Waals surface area (Å²) in [6.07, 6.45) is 2.34. The number of guanidine groups is 1. The van der Waals surface area contributed by atoms with Crippen molar-refractivity contribution in [2.45, 2.75) is 25.2 Å². The molecule has 1 aromatic carbocycles. The van der Waals surface area contributed by atoms with Crippen molar-refractivity contribution >= 4 is 11.9 Å². The number of nitrogens with one attached hydrogen (secondary N) is 1. The minimum atomic E-state index is -0.132. The molecule has 2 atom stereocenters. The largest absolute Gasteiger partial charge is 0.497 e. The van der Waals surface area contributed by atoms with Gasteiger partial charge in [-0.3, -0.25) is 9.79 Å². The first-order valence-corrected chi connectivity index (χ1v) is 9.21. The lowest BCUT2D eigenvalue weighted by Gasteiger charge is -2.24. The Bertz CT molecular complexity index is 667. The van der Waals surface area contributed by atoms with Crippen LogP contribution in [-0.4, -0.2) is 57.7 Å². The van der Waals surface area contributed by atoms with Crippen molar-refractivity contribution in [2.24, 2.45) is 16.8 Å². The predicted octanol–water partition coefficient (Wildman–Crippen LogP) is 2.04. The van der Waals surface area contributed by atoms with E-state index >= 15 is 0 Å². The van der Waals surface area contributed by atoms with Gasteiger partial charge in [0.1, 0.15) is 5.75 Å². The van der Waals surface area contributed by atoms with Gasteiger partial charge >= 0.3 is 5.97 Å². The molecule has 0 bridgehead atoms. The molecule has 0 radical (unpaired) electrons. The van der Waals surface area contributed by atoms with Gasteiger partial charge in [0, 0.05) is 32.1 Å². The molecule has 1 aliphatic carbocycles. The highest BCUT2D eigenvalue weighted by molar-refractivity contribution is 5.82. The lowest BCUT2D eigenvalue weighted by atomic mass is 9.96. The summed E-state index contributed by atoms with van der Waals surface area (Å²) in [7, 11) is 4.94. The highest BCUT2D eigenvalue weighted by Crippen LogP contribution is 2.48. The van der Waals surface area contributed by atoms with Crippen LogP contribution in [0.5, 0.6) is 5.75 Å². The smallest absolute Gasteiger partial charge is 0.310 e. The van der Waals surface area contributed by atoms with Crippen LogP contribution in [0, 0.1) is 11.8 Å². The Labute approximate surface area is 155 Å². The molecule has 1 aliphatic heterocycles. The second-order valence-corrected chi connectivity index (χ2v) is 7.42. The molecule has 0 spiro atoms. The topological polar surface area (TPSA) is 63.2 Å². The normalized spacial score (nSPS) is 24.3. The quantitative estimate of drug-likeness (QED) is 0.495. The van der Waals surface area contributed by atoms with Gasteiger partial charge in [-0.25, -0.2) is 0 Å². The lowest BCUT2D eigenvalue weighted by molar-refractivity contribution is -0.145. The molecule has 2 aliphatic rings. The molecule has 142 valence electrons. The Hall–Kier alpha value is -2.24. The van der Waals surface area contributed by atoms with Gasteiger partial charge in [0.05, 0.1) is 20.1 Å². The molecule has 6 nitrogen and oxygen atoms in total. The van der Waals surface area contributed by atoms with Crippen LogP contribution in [0.3, 0.4) is 0 Å². The maximum Gasteiger partial charge on any atom is 0.310 e. The summed E-state index contributed by atoms with van der Waals surface area (Å²) in [5.41, 5.74) is 1.51. The molecule has 2 fully saturated rings. The maximum atomic E-state index is 11.9. The molecule has 26 heavy (non-hydrogen) atoms. The summed E-state index contributed by atoms with van der Waals surface area (Å²) in [5.74, 6) is 1.79. The van der Waals surface area contributed by atoms with Gasteiger partial charge in [0.15, 0.2) is 5.96 Å². The van der Waals surface area contributed by atoms with E-state index in [1.165, 1.54) is 25.5 Å². The number of aliphatic imine (C=N–C) groups is 1. The van der Waals surface area contributed by atoms with Crippen LogP contribution in [0.15, 0.2) is 29.3 Å². The molecular formula is C20H29N3O3. The Morgan fingerprint density at radius 3 is 2.50 bits per heavy atom. The van der Waals surface area contributed by atoms with E-state index in [2.05, 4.69) is 34.3 Å². The average molecular weight is 359 g/mol. The zero-order valence-corrected chi connectivity index (χ0v) is 16.1. The van der Waals surface area contributed by atoms with Crippen molar-refractivity contribution in [3.8, 4) is 5.75 Å². The second kappa shape index (κ2) is 7.56. The van der Waals surface area contributed by atoms with E-state index in [1.807, 2.05) is 12.1 Å². The third-order valence-electron chi connectivity index (χ3n) is 5.77. The molecule has 1 saturated carbocycles. The lowest BCUT2D eigenvalue weighted by Crippen LogP contribution is -2.43. The van der Waals surface area contributed by atoms with Gasteiger partial charge < -0.3 is 19.7 Å². The number of rotatable bonds is 5. The van der Waals surface area contributed by atoms with Crippen LogP contribution in [-0.2, 0) is 14.9 Å². The molecule has 0 amide bonds. The number of likely N-dealkylation sites (tertiary alicyclic amines) is 1. The zero-order chi connectivity index (χ0) is 18.7. The number of benzene rings is 1. The SMILES string of the molecule is CN=C(NCC1(c2ccc(OC)cc2)CC1)N1CC(C)C(C(=O)OC)C1. The van der Waals surface area contributed by atoms with Gasteiger partial charge in [0.2, 0.25) is 0 Å². The van der Waals surface area contributed by atoms with Gasteiger partial charge in [-0.1, -0.05) is 19.1 Å². The highest BCUT2D eigenvalue weighted by atomic mass is 16.5. The van der Waals surface area contributed by atoms with Crippen LogP contribution < -0.4 is 10.1 Å². The van der Waals surface area contributed by atoms with Crippen molar-refractivity contribution in [3.05, 3.63) is 29.8 Å². The Morgan fingerprint density at radius 1 is 1.27 bits per heavy atom. The van der Waals surface area contributed by atoms with Gasteiger partial charge in [-0.2, -0.15) is 0 Å². The molecular weight excluding hydrogens is 330 g/mol. The molecule has 0 aromatic heterocycles. The first kappa shape index (κ1) is 18.5. The zero-order valence-electron chi connectivity index (χ0n) is 16.1. The van der Waals surface area contributed by atoms with Crippen LogP contribution in [0.4, 0.5) is 0 Å². The first-order chi connectivity index (χ1) is 12.5. The fourth-order valence-electron chi connectivity index (χ4n) is 3.84. The summed E-state index contributed by atoms with van der Waals surface area (Å²) in [6, 6.07) is 8.35. The van der Waals surface area contributed by atoms with Crippen LogP contribution in [0.1, 0.15) is 25.3 Å². The minimum absolute atomic E-state index is 0.0879. The van der Waals surface area contributed by atoms with Gasteiger partial charge in [-0.05, 0) is 36.5 Å². The standard InChI is InChI=1S/C20H29N3O3/c1-14-11-23(12-17(14)18(24)26-4)19(21-2)22-13-20(9-10-20)15-5-7-16(25-3)8-6-15/h5-8,14,17H,9-13H2,1-4H3,(H,21,22). The average Bonchev–Trinajstić information content (AvgIpc) is 3.37. The summed E-state index contributed by atoms with van der Waals surface area (Å²) in [5, 5.41) is 3.53. The Kier molecular flexibility index (Phi) is 5.39. The number of carbonyl (C=O) groups is 1. The van der Waals surface area contributed by atoms with Crippen molar-refractivity contribution in [3.63, 3.8) is 0 Å².